The first-order chi connectivity index (χ1) is 9.78. The van der Waals surface area contributed by atoms with E-state index in [1.165, 1.54) is 42.6 Å². The molecule has 3 rings (SSSR count). The molecule has 106 valence electrons. The summed E-state index contributed by atoms with van der Waals surface area (Å²) in [6.07, 6.45) is 7.81. The molecule has 1 saturated carbocycles. The molecule has 1 aliphatic carbocycles. The van der Waals surface area contributed by atoms with Crippen molar-refractivity contribution in [1.82, 2.24) is 14.7 Å². The number of nitrogens with zero attached hydrogens (tertiary/aromatic N) is 3. The lowest BCUT2D eigenvalue weighted by molar-refractivity contribution is 0.255. The van der Waals surface area contributed by atoms with Gasteiger partial charge in [-0.3, -0.25) is 4.90 Å². The predicted octanol–water partition coefficient (Wildman–Crippen LogP) is 3.56. The first-order valence-electron chi connectivity index (χ1n) is 7.61. The highest BCUT2D eigenvalue weighted by Crippen LogP contribution is 2.29. The number of aryl methyl sites for hydroxylation is 1. The van der Waals surface area contributed by atoms with Gasteiger partial charge in [-0.15, -0.1) is 0 Å². The lowest BCUT2D eigenvalue weighted by Gasteiger charge is -2.23. The highest BCUT2D eigenvalue weighted by Gasteiger charge is 2.28. The molecule has 20 heavy (non-hydrogen) atoms. The van der Waals surface area contributed by atoms with Crippen LogP contribution in [0.2, 0.25) is 0 Å². The molecule has 2 aromatic rings. The van der Waals surface area contributed by atoms with Crippen molar-refractivity contribution in [2.45, 2.75) is 45.7 Å². The van der Waals surface area contributed by atoms with Gasteiger partial charge in [0, 0.05) is 25.0 Å². The minimum atomic E-state index is 0.806. The average Bonchev–Trinajstić information content (AvgIpc) is 3.14. The Morgan fingerprint density at radius 2 is 2.20 bits per heavy atom. The van der Waals surface area contributed by atoms with Gasteiger partial charge >= 0.3 is 0 Å². The molecule has 0 atom stereocenters. The fraction of sp³-hybridized carbons (Fsp3) is 0.471. The summed E-state index contributed by atoms with van der Waals surface area (Å²) in [4.78, 5) is 2.63. The van der Waals surface area contributed by atoms with E-state index in [0.29, 0.717) is 0 Å². The lowest BCUT2D eigenvalue weighted by atomic mass is 10.1. The van der Waals surface area contributed by atoms with Crippen LogP contribution in [0.25, 0.3) is 5.69 Å². The van der Waals surface area contributed by atoms with E-state index in [0.717, 1.165) is 12.6 Å². The quantitative estimate of drug-likeness (QED) is 0.799. The average molecular weight is 269 g/mol. The molecule has 1 fully saturated rings. The number of hydrogen-bond donors (Lipinski definition) is 0. The molecule has 0 aliphatic heterocycles. The highest BCUT2D eigenvalue weighted by molar-refractivity contribution is 5.42. The van der Waals surface area contributed by atoms with Crippen molar-refractivity contribution in [2.75, 3.05) is 6.54 Å². The van der Waals surface area contributed by atoms with Crippen LogP contribution in [0.1, 0.15) is 37.3 Å². The lowest BCUT2D eigenvalue weighted by Crippen LogP contribution is -2.27. The second-order valence-electron chi connectivity index (χ2n) is 5.78. The van der Waals surface area contributed by atoms with Gasteiger partial charge in [0.2, 0.25) is 0 Å². The molecule has 3 nitrogen and oxygen atoms in total. The van der Waals surface area contributed by atoms with Gasteiger partial charge < -0.3 is 0 Å². The number of benzene rings is 1. The fourth-order valence-corrected chi connectivity index (χ4v) is 2.81. The van der Waals surface area contributed by atoms with Crippen molar-refractivity contribution in [1.29, 1.82) is 0 Å². The zero-order chi connectivity index (χ0) is 13.9. The Balaban J connectivity index is 1.88. The topological polar surface area (TPSA) is 21.1 Å². The molecule has 3 heteroatoms. The van der Waals surface area contributed by atoms with Gasteiger partial charge in [0.25, 0.3) is 0 Å². The Kier molecular flexibility index (Phi) is 3.88. The fourth-order valence-electron chi connectivity index (χ4n) is 2.81. The van der Waals surface area contributed by atoms with E-state index in [1.54, 1.807) is 0 Å². The standard InChI is InChI=1S/C17H23N3/c1-3-10-19(16-6-7-16)13-15-12-14(2)5-8-17(15)20-11-4-9-18-20/h4-5,8-9,11-12,16H,3,6-7,10,13H2,1-2H3. The Labute approximate surface area is 121 Å². The maximum absolute atomic E-state index is 4.39. The van der Waals surface area contributed by atoms with Gasteiger partial charge in [-0.1, -0.05) is 24.6 Å². The Bertz CT molecular complexity index is 556. The van der Waals surface area contributed by atoms with Gasteiger partial charge in [0.1, 0.15) is 0 Å². The van der Waals surface area contributed by atoms with Crippen LogP contribution in [0.15, 0.2) is 36.7 Å². The maximum Gasteiger partial charge on any atom is 0.0690 e. The van der Waals surface area contributed by atoms with Crippen LogP contribution in [0.4, 0.5) is 0 Å². The zero-order valence-electron chi connectivity index (χ0n) is 12.4. The molecule has 1 aromatic heterocycles. The number of aromatic nitrogens is 2. The first-order valence-corrected chi connectivity index (χ1v) is 7.61. The van der Waals surface area contributed by atoms with Crippen LogP contribution in [0.5, 0.6) is 0 Å². The predicted molar refractivity (Wildman–Crippen MR) is 82.0 cm³/mol. The smallest absolute Gasteiger partial charge is 0.0690 e. The summed E-state index contributed by atoms with van der Waals surface area (Å²) in [6.45, 7) is 6.66. The summed E-state index contributed by atoms with van der Waals surface area (Å²) in [7, 11) is 0. The minimum Gasteiger partial charge on any atom is -0.296 e. The third-order valence-electron chi connectivity index (χ3n) is 3.93. The SMILES string of the molecule is CCCN(Cc1cc(C)ccc1-n1cccn1)C1CC1. The van der Waals surface area contributed by atoms with Crippen molar-refractivity contribution in [3.8, 4) is 5.69 Å². The Morgan fingerprint density at radius 3 is 2.85 bits per heavy atom. The summed E-state index contributed by atoms with van der Waals surface area (Å²) < 4.78 is 1.98. The summed E-state index contributed by atoms with van der Waals surface area (Å²) in [5, 5.41) is 4.39. The molecule has 0 N–H and O–H groups in total. The van der Waals surface area contributed by atoms with Crippen LogP contribution in [0, 0.1) is 6.92 Å². The van der Waals surface area contributed by atoms with E-state index in [4.69, 9.17) is 0 Å². The molecule has 0 unspecified atom stereocenters. The maximum atomic E-state index is 4.39. The summed E-state index contributed by atoms with van der Waals surface area (Å²) in [6, 6.07) is 9.45. The number of hydrogen-bond acceptors (Lipinski definition) is 2. The van der Waals surface area contributed by atoms with E-state index in [9.17, 15) is 0 Å². The van der Waals surface area contributed by atoms with E-state index in [2.05, 4.69) is 42.0 Å². The third kappa shape index (κ3) is 2.93. The largest absolute Gasteiger partial charge is 0.296 e. The van der Waals surface area contributed by atoms with Crippen molar-refractivity contribution in [3.63, 3.8) is 0 Å². The summed E-state index contributed by atoms with van der Waals surface area (Å²) >= 11 is 0. The van der Waals surface area contributed by atoms with Crippen molar-refractivity contribution in [3.05, 3.63) is 47.8 Å². The van der Waals surface area contributed by atoms with Gasteiger partial charge in [0.05, 0.1) is 5.69 Å². The van der Waals surface area contributed by atoms with Gasteiger partial charge in [-0.2, -0.15) is 5.10 Å². The monoisotopic (exact) mass is 269 g/mol. The highest BCUT2D eigenvalue weighted by atomic mass is 15.3. The molecule has 1 aliphatic rings. The molecule has 0 spiro atoms. The van der Waals surface area contributed by atoms with Crippen LogP contribution >= 0.6 is 0 Å². The third-order valence-corrected chi connectivity index (χ3v) is 3.93. The van der Waals surface area contributed by atoms with Gasteiger partial charge in [-0.05, 0) is 50.4 Å². The molecular weight excluding hydrogens is 246 g/mol. The normalized spacial score (nSPS) is 14.9. The molecule has 0 saturated heterocycles. The number of rotatable bonds is 6. The molecular formula is C17H23N3. The summed E-state index contributed by atoms with van der Waals surface area (Å²) in [5.74, 6) is 0. The van der Waals surface area contributed by atoms with Crippen molar-refractivity contribution < 1.29 is 0 Å². The van der Waals surface area contributed by atoms with Gasteiger partial charge in [-0.25, -0.2) is 4.68 Å². The molecule has 1 aromatic carbocycles. The zero-order valence-corrected chi connectivity index (χ0v) is 12.4. The van der Waals surface area contributed by atoms with E-state index in [1.807, 2.05) is 23.1 Å². The van der Waals surface area contributed by atoms with Crippen LogP contribution < -0.4 is 0 Å². The second kappa shape index (κ2) is 5.80. The van der Waals surface area contributed by atoms with Crippen molar-refractivity contribution in [2.24, 2.45) is 0 Å². The van der Waals surface area contributed by atoms with E-state index >= 15 is 0 Å². The minimum absolute atomic E-state index is 0.806. The Morgan fingerprint density at radius 1 is 1.35 bits per heavy atom. The molecule has 0 bridgehead atoms. The van der Waals surface area contributed by atoms with E-state index < -0.39 is 0 Å². The van der Waals surface area contributed by atoms with Crippen LogP contribution in [0.3, 0.4) is 0 Å². The summed E-state index contributed by atoms with van der Waals surface area (Å²) in [5.41, 5.74) is 3.92. The van der Waals surface area contributed by atoms with Crippen LogP contribution in [-0.2, 0) is 6.54 Å². The Hall–Kier alpha value is -1.61. The molecule has 1 heterocycles. The van der Waals surface area contributed by atoms with Gasteiger partial charge in [0.15, 0.2) is 0 Å². The molecule has 0 amide bonds. The first kappa shape index (κ1) is 13.4. The van der Waals surface area contributed by atoms with Crippen molar-refractivity contribution >= 4 is 0 Å². The second-order valence-corrected chi connectivity index (χ2v) is 5.78. The van der Waals surface area contributed by atoms with E-state index in [-0.39, 0.29) is 0 Å². The van der Waals surface area contributed by atoms with Crippen LogP contribution in [-0.4, -0.2) is 27.3 Å². The molecule has 0 radical (unpaired) electrons.